The van der Waals surface area contributed by atoms with Crippen LogP contribution in [0.2, 0.25) is 0 Å². The SMILES string of the molecule is O=C(O)[C@H]1CCCN1C(=O)C1CC(F)(F)C1. The second-order valence-electron chi connectivity index (χ2n) is 4.49. The van der Waals surface area contributed by atoms with Crippen molar-refractivity contribution < 1.29 is 23.5 Å². The maximum atomic E-state index is 12.6. The molecule has 2 aliphatic rings. The number of carbonyl (C=O) groups is 2. The van der Waals surface area contributed by atoms with Crippen molar-refractivity contribution in [1.82, 2.24) is 4.90 Å². The van der Waals surface area contributed by atoms with Crippen molar-refractivity contribution in [1.29, 1.82) is 0 Å². The average molecular weight is 233 g/mol. The number of likely N-dealkylation sites (tertiary alicyclic amines) is 1. The van der Waals surface area contributed by atoms with Crippen LogP contribution in [0.25, 0.3) is 0 Å². The van der Waals surface area contributed by atoms with Gasteiger partial charge in [-0.15, -0.1) is 0 Å². The number of halogens is 2. The normalized spacial score (nSPS) is 28.9. The molecule has 1 amide bonds. The lowest BCUT2D eigenvalue weighted by Gasteiger charge is -2.37. The van der Waals surface area contributed by atoms with Crippen molar-refractivity contribution in [2.45, 2.75) is 37.6 Å². The Morgan fingerprint density at radius 2 is 1.94 bits per heavy atom. The van der Waals surface area contributed by atoms with Gasteiger partial charge in [0.1, 0.15) is 6.04 Å². The minimum Gasteiger partial charge on any atom is -0.480 e. The lowest BCUT2D eigenvalue weighted by molar-refractivity contribution is -0.164. The number of hydrogen-bond donors (Lipinski definition) is 1. The number of hydrogen-bond acceptors (Lipinski definition) is 2. The van der Waals surface area contributed by atoms with Crippen molar-refractivity contribution in [2.75, 3.05) is 6.54 Å². The van der Waals surface area contributed by atoms with E-state index in [-0.39, 0.29) is 0 Å². The topological polar surface area (TPSA) is 57.6 Å². The van der Waals surface area contributed by atoms with Crippen LogP contribution in [0.3, 0.4) is 0 Å². The molecule has 90 valence electrons. The molecule has 0 aromatic carbocycles. The Bertz CT molecular complexity index is 324. The average Bonchev–Trinajstić information content (AvgIpc) is 2.60. The summed E-state index contributed by atoms with van der Waals surface area (Å²) in [6, 6.07) is -0.818. The molecule has 1 saturated carbocycles. The van der Waals surface area contributed by atoms with E-state index in [1.54, 1.807) is 0 Å². The third-order valence-electron chi connectivity index (χ3n) is 3.26. The van der Waals surface area contributed by atoms with Gasteiger partial charge in [-0.2, -0.15) is 0 Å². The molecule has 2 fully saturated rings. The van der Waals surface area contributed by atoms with Crippen LogP contribution in [0.1, 0.15) is 25.7 Å². The fourth-order valence-corrected chi connectivity index (χ4v) is 2.36. The van der Waals surface area contributed by atoms with E-state index in [0.717, 1.165) is 0 Å². The molecule has 0 spiro atoms. The summed E-state index contributed by atoms with van der Waals surface area (Å²) < 4.78 is 25.2. The molecule has 0 bridgehead atoms. The van der Waals surface area contributed by atoms with Gasteiger partial charge in [0.05, 0.1) is 0 Å². The molecule has 16 heavy (non-hydrogen) atoms. The van der Waals surface area contributed by atoms with Crippen LogP contribution in [0.4, 0.5) is 8.78 Å². The van der Waals surface area contributed by atoms with Gasteiger partial charge in [-0.05, 0) is 12.8 Å². The van der Waals surface area contributed by atoms with Gasteiger partial charge in [0.15, 0.2) is 0 Å². The number of aliphatic carboxylic acids is 1. The zero-order valence-corrected chi connectivity index (χ0v) is 8.66. The minimum atomic E-state index is -2.74. The first kappa shape index (κ1) is 11.3. The van der Waals surface area contributed by atoms with Crippen molar-refractivity contribution >= 4 is 11.9 Å². The first-order valence-corrected chi connectivity index (χ1v) is 5.32. The Morgan fingerprint density at radius 1 is 1.31 bits per heavy atom. The fourth-order valence-electron chi connectivity index (χ4n) is 2.36. The van der Waals surface area contributed by atoms with E-state index in [4.69, 9.17) is 5.11 Å². The maximum absolute atomic E-state index is 12.6. The molecule has 1 heterocycles. The predicted octanol–water partition coefficient (Wildman–Crippen LogP) is 1.11. The van der Waals surface area contributed by atoms with Gasteiger partial charge in [0.2, 0.25) is 11.8 Å². The molecule has 1 saturated heterocycles. The van der Waals surface area contributed by atoms with E-state index in [1.165, 1.54) is 4.90 Å². The highest BCUT2D eigenvalue weighted by Crippen LogP contribution is 2.43. The van der Waals surface area contributed by atoms with Gasteiger partial charge in [0, 0.05) is 25.3 Å². The second kappa shape index (κ2) is 3.68. The molecule has 2 rings (SSSR count). The fraction of sp³-hybridized carbons (Fsp3) is 0.800. The Balaban J connectivity index is 1.97. The van der Waals surface area contributed by atoms with Crippen LogP contribution >= 0.6 is 0 Å². The number of carboxylic acids is 1. The molecule has 0 aromatic rings. The van der Waals surface area contributed by atoms with E-state index in [9.17, 15) is 18.4 Å². The highest BCUT2D eigenvalue weighted by atomic mass is 19.3. The summed E-state index contributed by atoms with van der Waals surface area (Å²) in [5.41, 5.74) is 0. The zero-order chi connectivity index (χ0) is 11.9. The largest absolute Gasteiger partial charge is 0.480 e. The van der Waals surface area contributed by atoms with Crippen molar-refractivity contribution in [3.8, 4) is 0 Å². The molecule has 4 nitrogen and oxygen atoms in total. The van der Waals surface area contributed by atoms with Gasteiger partial charge in [-0.25, -0.2) is 13.6 Å². The van der Waals surface area contributed by atoms with Gasteiger partial charge in [0.25, 0.3) is 0 Å². The molecule has 1 aliphatic carbocycles. The summed E-state index contributed by atoms with van der Waals surface area (Å²) in [4.78, 5) is 23.8. The van der Waals surface area contributed by atoms with E-state index < -0.39 is 42.6 Å². The Labute approximate surface area is 91.2 Å². The highest BCUT2D eigenvalue weighted by molar-refractivity contribution is 5.86. The van der Waals surface area contributed by atoms with Crippen LogP contribution in [0.5, 0.6) is 0 Å². The first-order valence-electron chi connectivity index (χ1n) is 5.32. The summed E-state index contributed by atoms with van der Waals surface area (Å²) in [7, 11) is 0. The third kappa shape index (κ3) is 1.88. The number of amides is 1. The quantitative estimate of drug-likeness (QED) is 0.777. The van der Waals surface area contributed by atoms with Crippen molar-refractivity contribution in [3.63, 3.8) is 0 Å². The van der Waals surface area contributed by atoms with Crippen LogP contribution < -0.4 is 0 Å². The smallest absolute Gasteiger partial charge is 0.326 e. The van der Waals surface area contributed by atoms with E-state index >= 15 is 0 Å². The number of nitrogens with zero attached hydrogens (tertiary/aromatic N) is 1. The van der Waals surface area contributed by atoms with Crippen LogP contribution in [-0.2, 0) is 9.59 Å². The highest BCUT2D eigenvalue weighted by Gasteiger charge is 2.51. The van der Waals surface area contributed by atoms with Gasteiger partial charge in [-0.3, -0.25) is 4.79 Å². The van der Waals surface area contributed by atoms with Gasteiger partial charge < -0.3 is 10.0 Å². The number of carbonyl (C=O) groups excluding carboxylic acids is 1. The summed E-state index contributed by atoms with van der Waals surface area (Å²) >= 11 is 0. The molecule has 0 unspecified atom stereocenters. The minimum absolute atomic E-state index is 0.373. The lowest BCUT2D eigenvalue weighted by atomic mass is 9.80. The summed E-state index contributed by atoms with van der Waals surface area (Å²) in [5, 5.41) is 8.87. The second-order valence-corrected chi connectivity index (χ2v) is 4.49. The molecule has 0 aromatic heterocycles. The van der Waals surface area contributed by atoms with Crippen molar-refractivity contribution in [2.24, 2.45) is 5.92 Å². The molecule has 0 radical (unpaired) electrons. The Kier molecular flexibility index (Phi) is 2.59. The number of alkyl halides is 2. The third-order valence-corrected chi connectivity index (χ3v) is 3.26. The van der Waals surface area contributed by atoms with E-state index in [0.29, 0.717) is 19.4 Å². The lowest BCUT2D eigenvalue weighted by Crippen LogP contribution is -2.49. The Morgan fingerprint density at radius 3 is 2.44 bits per heavy atom. The standard InChI is InChI=1S/C10H13F2NO3/c11-10(12)4-6(5-10)8(14)13-3-1-2-7(13)9(15)16/h6-7H,1-5H2,(H,15,16)/t7-/m1/s1. The zero-order valence-electron chi connectivity index (χ0n) is 8.66. The van der Waals surface area contributed by atoms with Gasteiger partial charge in [-0.1, -0.05) is 0 Å². The molecular formula is C10H13F2NO3. The van der Waals surface area contributed by atoms with Gasteiger partial charge >= 0.3 is 5.97 Å². The number of rotatable bonds is 2. The van der Waals surface area contributed by atoms with E-state index in [2.05, 4.69) is 0 Å². The van der Waals surface area contributed by atoms with Crippen molar-refractivity contribution in [3.05, 3.63) is 0 Å². The summed E-state index contributed by atoms with van der Waals surface area (Å²) in [6.45, 7) is 0.373. The predicted molar refractivity (Wildman–Crippen MR) is 50.0 cm³/mol. The molecular weight excluding hydrogens is 220 g/mol. The van der Waals surface area contributed by atoms with E-state index in [1.807, 2.05) is 0 Å². The molecule has 1 atom stereocenters. The monoisotopic (exact) mass is 233 g/mol. The Hall–Kier alpha value is -1.20. The molecule has 6 heteroatoms. The first-order chi connectivity index (χ1) is 7.41. The molecule has 1 aliphatic heterocycles. The van der Waals surface area contributed by atoms with Crippen LogP contribution in [0, 0.1) is 5.92 Å². The van der Waals surface area contributed by atoms with Crippen LogP contribution in [-0.4, -0.2) is 40.4 Å². The van der Waals surface area contributed by atoms with Crippen LogP contribution in [0.15, 0.2) is 0 Å². The number of carboxylic acid groups (broad SMARTS) is 1. The summed E-state index contributed by atoms with van der Waals surface area (Å²) in [5.74, 6) is -4.89. The molecule has 1 N–H and O–H groups in total. The maximum Gasteiger partial charge on any atom is 0.326 e. The summed E-state index contributed by atoms with van der Waals surface area (Å²) in [6.07, 6.45) is 0.180.